The number of thiazole rings is 1. The molecule has 0 atom stereocenters. The number of nitrogens with one attached hydrogen (secondary N) is 1. The Morgan fingerprint density at radius 1 is 1.32 bits per heavy atom. The number of benzene rings is 1. The number of rotatable bonds is 5. The maximum absolute atomic E-state index is 11.9. The van der Waals surface area contributed by atoms with Crippen LogP contribution in [0.3, 0.4) is 0 Å². The van der Waals surface area contributed by atoms with Crippen molar-refractivity contribution >= 4 is 38.3 Å². The van der Waals surface area contributed by atoms with Gasteiger partial charge in [0.05, 0.1) is 12.2 Å². The molecular weight excluding hydrogens is 366 g/mol. The van der Waals surface area contributed by atoms with Crippen molar-refractivity contribution < 1.29 is 4.79 Å². The van der Waals surface area contributed by atoms with E-state index < -0.39 is 0 Å². The minimum atomic E-state index is -0.0905. The molecule has 0 aliphatic rings. The molecule has 2 aromatic heterocycles. The Morgan fingerprint density at radius 2 is 2.14 bits per heavy atom. The fraction of sp³-hybridized carbons (Fsp3) is 0.143. The summed E-state index contributed by atoms with van der Waals surface area (Å²) in [5.41, 5.74) is 1.87. The molecule has 0 bridgehead atoms. The first-order valence-corrected chi connectivity index (χ1v) is 8.22. The Labute approximate surface area is 139 Å². The predicted molar refractivity (Wildman–Crippen MR) is 88.5 cm³/mol. The molecule has 0 spiro atoms. The first kappa shape index (κ1) is 14.9. The van der Waals surface area contributed by atoms with Crippen LogP contribution in [-0.4, -0.2) is 25.7 Å². The highest BCUT2D eigenvalue weighted by atomic mass is 79.9. The smallest absolute Gasteiger partial charge is 0.228 e. The molecule has 6 nitrogen and oxygen atoms in total. The van der Waals surface area contributed by atoms with Crippen LogP contribution in [0.4, 0.5) is 5.13 Å². The Morgan fingerprint density at radius 3 is 2.86 bits per heavy atom. The molecule has 1 aromatic carbocycles. The van der Waals surface area contributed by atoms with Gasteiger partial charge in [-0.25, -0.2) is 9.97 Å². The number of anilines is 1. The summed E-state index contributed by atoms with van der Waals surface area (Å²) in [5, 5.41) is 9.28. The highest BCUT2D eigenvalue weighted by molar-refractivity contribution is 9.10. The Balaban J connectivity index is 1.59. The Hall–Kier alpha value is -2.06. The molecule has 1 amide bonds. The maximum Gasteiger partial charge on any atom is 0.228 e. The van der Waals surface area contributed by atoms with Gasteiger partial charge in [0.15, 0.2) is 5.13 Å². The zero-order valence-corrected chi connectivity index (χ0v) is 13.8. The number of halogens is 1. The van der Waals surface area contributed by atoms with Crippen LogP contribution in [0.25, 0.3) is 11.3 Å². The van der Waals surface area contributed by atoms with Crippen LogP contribution >= 0.6 is 27.3 Å². The summed E-state index contributed by atoms with van der Waals surface area (Å²) in [6.45, 7) is 0.497. The van der Waals surface area contributed by atoms with Crippen molar-refractivity contribution in [3.05, 3.63) is 46.8 Å². The second-order valence-corrected chi connectivity index (χ2v) is 6.28. The van der Waals surface area contributed by atoms with E-state index in [1.54, 1.807) is 11.0 Å². The second kappa shape index (κ2) is 6.80. The van der Waals surface area contributed by atoms with Gasteiger partial charge in [-0.05, 0) is 12.1 Å². The van der Waals surface area contributed by atoms with E-state index >= 15 is 0 Å². The molecule has 3 aromatic rings. The van der Waals surface area contributed by atoms with Crippen LogP contribution in [-0.2, 0) is 11.3 Å². The Bertz CT molecular complexity index is 754. The quantitative estimate of drug-likeness (QED) is 0.740. The van der Waals surface area contributed by atoms with Crippen LogP contribution < -0.4 is 5.32 Å². The lowest BCUT2D eigenvalue weighted by molar-refractivity contribution is -0.116. The largest absolute Gasteiger partial charge is 0.302 e. The molecule has 3 rings (SSSR count). The van der Waals surface area contributed by atoms with Crippen molar-refractivity contribution in [2.45, 2.75) is 13.0 Å². The number of nitrogens with zero attached hydrogens (tertiary/aromatic N) is 4. The van der Waals surface area contributed by atoms with Gasteiger partial charge in [0, 0.05) is 21.8 Å². The zero-order valence-electron chi connectivity index (χ0n) is 11.4. The summed E-state index contributed by atoms with van der Waals surface area (Å²) < 4.78 is 2.64. The monoisotopic (exact) mass is 377 g/mol. The van der Waals surface area contributed by atoms with Crippen molar-refractivity contribution in [3.8, 4) is 11.3 Å². The summed E-state index contributed by atoms with van der Waals surface area (Å²) >= 11 is 4.81. The molecule has 0 saturated carbocycles. The lowest BCUT2D eigenvalue weighted by Gasteiger charge is -2.01. The first-order valence-electron chi connectivity index (χ1n) is 6.54. The molecule has 0 fully saturated rings. The average molecular weight is 378 g/mol. The Kier molecular flexibility index (Phi) is 4.59. The number of amides is 1. The van der Waals surface area contributed by atoms with Crippen LogP contribution in [0.5, 0.6) is 0 Å². The number of hydrogen-bond acceptors (Lipinski definition) is 5. The van der Waals surface area contributed by atoms with Gasteiger partial charge in [-0.2, -0.15) is 5.10 Å². The van der Waals surface area contributed by atoms with Gasteiger partial charge in [-0.1, -0.05) is 28.1 Å². The van der Waals surface area contributed by atoms with E-state index in [0.29, 0.717) is 18.1 Å². The molecule has 112 valence electrons. The fourth-order valence-electron chi connectivity index (χ4n) is 1.83. The number of carbonyl (C=O) groups is 1. The van der Waals surface area contributed by atoms with Crippen molar-refractivity contribution in [1.29, 1.82) is 0 Å². The molecule has 0 unspecified atom stereocenters. The molecule has 0 radical (unpaired) electrons. The number of hydrogen-bond donors (Lipinski definition) is 1. The molecule has 22 heavy (non-hydrogen) atoms. The molecule has 1 N–H and O–H groups in total. The van der Waals surface area contributed by atoms with E-state index in [1.165, 1.54) is 17.7 Å². The minimum absolute atomic E-state index is 0.0905. The van der Waals surface area contributed by atoms with Crippen molar-refractivity contribution in [2.75, 3.05) is 5.32 Å². The third-order valence-electron chi connectivity index (χ3n) is 2.93. The van der Waals surface area contributed by atoms with E-state index in [4.69, 9.17) is 0 Å². The minimum Gasteiger partial charge on any atom is -0.302 e. The number of aryl methyl sites for hydroxylation is 1. The molecule has 8 heteroatoms. The highest BCUT2D eigenvalue weighted by Crippen LogP contribution is 2.26. The summed E-state index contributed by atoms with van der Waals surface area (Å²) in [5.74, 6) is -0.0905. The van der Waals surface area contributed by atoms with Crippen LogP contribution in [0, 0.1) is 0 Å². The summed E-state index contributed by atoms with van der Waals surface area (Å²) in [6.07, 6.45) is 3.36. The van der Waals surface area contributed by atoms with Crippen LogP contribution in [0.15, 0.2) is 46.8 Å². The van der Waals surface area contributed by atoms with Crippen molar-refractivity contribution in [3.63, 3.8) is 0 Å². The van der Waals surface area contributed by atoms with E-state index in [2.05, 4.69) is 36.3 Å². The van der Waals surface area contributed by atoms with Gasteiger partial charge < -0.3 is 5.32 Å². The summed E-state index contributed by atoms with van der Waals surface area (Å²) in [4.78, 5) is 20.2. The zero-order chi connectivity index (χ0) is 15.4. The number of aromatic nitrogens is 4. The van der Waals surface area contributed by atoms with E-state index in [1.807, 2.05) is 29.6 Å². The molecular formula is C14H12BrN5OS. The lowest BCUT2D eigenvalue weighted by Crippen LogP contribution is -2.14. The first-order chi connectivity index (χ1) is 10.7. The highest BCUT2D eigenvalue weighted by Gasteiger charge is 2.08. The predicted octanol–water partition coefficient (Wildman–Crippen LogP) is 3.19. The molecule has 2 heterocycles. The third-order valence-corrected chi connectivity index (χ3v) is 4.21. The van der Waals surface area contributed by atoms with Gasteiger partial charge in [0.25, 0.3) is 0 Å². The van der Waals surface area contributed by atoms with Crippen molar-refractivity contribution in [2.24, 2.45) is 0 Å². The normalized spacial score (nSPS) is 10.6. The molecule has 0 aliphatic heterocycles. The fourth-order valence-corrected chi connectivity index (χ4v) is 2.83. The topological polar surface area (TPSA) is 72.7 Å². The van der Waals surface area contributed by atoms with E-state index in [0.717, 1.165) is 15.7 Å². The summed E-state index contributed by atoms with van der Waals surface area (Å²) in [6, 6.07) is 7.89. The maximum atomic E-state index is 11.9. The van der Waals surface area contributed by atoms with E-state index in [-0.39, 0.29) is 5.91 Å². The third kappa shape index (κ3) is 3.77. The molecule has 0 aliphatic carbocycles. The SMILES string of the molecule is O=C(CCn1cncn1)Nc1nc(-c2ccc(Br)cc2)cs1. The van der Waals surface area contributed by atoms with Gasteiger partial charge in [0.2, 0.25) is 5.91 Å². The van der Waals surface area contributed by atoms with Crippen LogP contribution in [0.2, 0.25) is 0 Å². The second-order valence-electron chi connectivity index (χ2n) is 4.50. The van der Waals surface area contributed by atoms with Gasteiger partial charge in [0.1, 0.15) is 12.7 Å². The summed E-state index contributed by atoms with van der Waals surface area (Å²) in [7, 11) is 0. The average Bonchev–Trinajstić information content (AvgIpc) is 3.17. The van der Waals surface area contributed by atoms with Gasteiger partial charge >= 0.3 is 0 Å². The van der Waals surface area contributed by atoms with E-state index in [9.17, 15) is 4.79 Å². The number of carbonyl (C=O) groups excluding carboxylic acids is 1. The molecule has 0 saturated heterocycles. The van der Waals surface area contributed by atoms with Gasteiger partial charge in [-0.15, -0.1) is 11.3 Å². The standard InChI is InChI=1S/C14H12BrN5OS/c15-11-3-1-10(2-4-11)12-7-22-14(18-12)19-13(21)5-6-20-9-16-8-17-20/h1-4,7-9H,5-6H2,(H,18,19,21). The lowest BCUT2D eigenvalue weighted by atomic mass is 10.2. The van der Waals surface area contributed by atoms with Crippen molar-refractivity contribution in [1.82, 2.24) is 19.7 Å². The van der Waals surface area contributed by atoms with Crippen LogP contribution in [0.1, 0.15) is 6.42 Å². The van der Waals surface area contributed by atoms with Gasteiger partial charge in [-0.3, -0.25) is 9.48 Å².